The summed E-state index contributed by atoms with van der Waals surface area (Å²) >= 11 is 1.41. The molecule has 2 N–H and O–H groups in total. The quantitative estimate of drug-likeness (QED) is 0.213. The summed E-state index contributed by atoms with van der Waals surface area (Å²) in [5.41, 5.74) is 1.20. The summed E-state index contributed by atoms with van der Waals surface area (Å²) in [4.78, 5) is 25.2. The van der Waals surface area contributed by atoms with Gasteiger partial charge in [0.05, 0.1) is 12.6 Å². The number of likely N-dealkylation sites (tertiary alicyclic amines) is 1. The lowest BCUT2D eigenvalue weighted by molar-refractivity contribution is 0.181. The van der Waals surface area contributed by atoms with Crippen molar-refractivity contribution in [3.8, 4) is 11.5 Å². The third-order valence-electron chi connectivity index (χ3n) is 6.75. The van der Waals surface area contributed by atoms with Gasteiger partial charge in [-0.3, -0.25) is 10.2 Å². The maximum atomic E-state index is 12.5. The van der Waals surface area contributed by atoms with Crippen LogP contribution in [0.5, 0.6) is 11.5 Å². The molecule has 11 heteroatoms. The molecule has 4 aromatic rings. The molecule has 1 aliphatic heterocycles. The molecule has 2 aromatic carbocycles. The Morgan fingerprint density at radius 1 is 1.07 bits per heavy atom. The molecule has 5 rings (SSSR count). The average Bonchev–Trinajstić information content (AvgIpc) is 3.42. The highest BCUT2D eigenvalue weighted by Gasteiger charge is 2.20. The monoisotopic (exact) mass is 576 g/mol. The largest absolute Gasteiger partial charge is 0.493 e. The van der Waals surface area contributed by atoms with Crippen molar-refractivity contribution in [3.05, 3.63) is 54.4 Å². The fourth-order valence-electron chi connectivity index (χ4n) is 4.52. The van der Waals surface area contributed by atoms with E-state index in [-0.39, 0.29) is 5.41 Å². The molecule has 10 nitrogen and oxygen atoms in total. The molecule has 2 amide bonds. The van der Waals surface area contributed by atoms with Crippen LogP contribution in [-0.4, -0.2) is 59.4 Å². The van der Waals surface area contributed by atoms with Crippen LogP contribution in [0.4, 0.5) is 16.3 Å². The van der Waals surface area contributed by atoms with E-state index in [2.05, 4.69) is 25.7 Å². The van der Waals surface area contributed by atoms with Gasteiger partial charge in [0.25, 0.3) is 0 Å². The fourth-order valence-corrected chi connectivity index (χ4v) is 5.31. The first-order valence-electron chi connectivity index (χ1n) is 13.8. The van der Waals surface area contributed by atoms with Gasteiger partial charge >= 0.3 is 6.03 Å². The van der Waals surface area contributed by atoms with E-state index in [0.29, 0.717) is 40.5 Å². The van der Waals surface area contributed by atoms with Crippen molar-refractivity contribution in [2.75, 3.05) is 44.0 Å². The van der Waals surface area contributed by atoms with Gasteiger partial charge in [0.2, 0.25) is 0 Å². The zero-order chi connectivity index (χ0) is 28.8. The molecule has 0 spiro atoms. The van der Waals surface area contributed by atoms with Gasteiger partial charge in [-0.25, -0.2) is 14.8 Å². The van der Waals surface area contributed by atoms with Crippen molar-refractivity contribution >= 4 is 40.2 Å². The lowest BCUT2D eigenvalue weighted by Crippen LogP contribution is -2.33. The molecule has 0 aliphatic carbocycles. The summed E-state index contributed by atoms with van der Waals surface area (Å²) in [5, 5.41) is 10.9. The van der Waals surface area contributed by atoms with Crippen molar-refractivity contribution < 1.29 is 18.8 Å². The molecule has 41 heavy (non-hydrogen) atoms. The Morgan fingerprint density at radius 2 is 1.90 bits per heavy atom. The molecule has 2 aromatic heterocycles. The Balaban J connectivity index is 1.23. The Bertz CT molecular complexity index is 1500. The van der Waals surface area contributed by atoms with E-state index in [1.54, 1.807) is 19.4 Å². The van der Waals surface area contributed by atoms with Crippen molar-refractivity contribution in [1.29, 1.82) is 0 Å². The minimum Gasteiger partial charge on any atom is -0.493 e. The number of fused-ring (bicyclic) bond motifs is 1. The molecule has 1 fully saturated rings. The lowest BCUT2D eigenvalue weighted by Gasteiger charge is -2.26. The van der Waals surface area contributed by atoms with Crippen LogP contribution in [0.3, 0.4) is 0 Å². The zero-order valence-corrected chi connectivity index (χ0v) is 24.7. The van der Waals surface area contributed by atoms with Crippen molar-refractivity contribution in [1.82, 2.24) is 20.0 Å². The van der Waals surface area contributed by atoms with Crippen LogP contribution in [0.15, 0.2) is 63.2 Å². The first-order chi connectivity index (χ1) is 19.8. The number of carbonyl (C=O) groups is 1. The number of methoxy groups -OCH3 is 1. The number of nitrogens with one attached hydrogen (secondary N) is 2. The molecule has 1 aliphatic rings. The van der Waals surface area contributed by atoms with Gasteiger partial charge in [0, 0.05) is 46.3 Å². The number of ether oxygens (including phenoxy) is 2. The Labute approximate surface area is 244 Å². The first-order valence-corrected chi connectivity index (χ1v) is 14.6. The SMILES string of the molecule is COc1cc2cnc(Sc3cccc(NC(=O)Nc4cc(C(C)(C)C)on4)c3)nc2cc1OCCN1CCCCC1. The summed E-state index contributed by atoms with van der Waals surface area (Å²) in [7, 11) is 1.64. The average molecular weight is 577 g/mol. The number of nitrogens with zero attached hydrogens (tertiary/aromatic N) is 4. The standard InChI is InChI=1S/C30H36N6O4S/c1-30(2,3)26-18-27(35-40-26)34-28(37)32-21-9-8-10-22(16-21)41-29-31-19-20-15-24(38-4)25(17-23(20)33-29)39-14-13-36-11-6-5-7-12-36/h8-10,15-19H,5-7,11-14H2,1-4H3,(H2,32,34,35,37). The number of rotatable bonds is 9. The van der Waals surface area contributed by atoms with E-state index < -0.39 is 6.03 Å². The van der Waals surface area contributed by atoms with Crippen LogP contribution < -0.4 is 20.1 Å². The minimum atomic E-state index is -0.412. The highest BCUT2D eigenvalue weighted by molar-refractivity contribution is 7.99. The van der Waals surface area contributed by atoms with Crippen LogP contribution in [-0.2, 0) is 5.41 Å². The van der Waals surface area contributed by atoms with E-state index in [9.17, 15) is 4.79 Å². The maximum Gasteiger partial charge on any atom is 0.324 e. The highest BCUT2D eigenvalue weighted by atomic mass is 32.2. The van der Waals surface area contributed by atoms with Crippen molar-refractivity contribution in [3.63, 3.8) is 0 Å². The molecule has 1 saturated heterocycles. The van der Waals surface area contributed by atoms with Crippen LogP contribution >= 0.6 is 11.8 Å². The van der Waals surface area contributed by atoms with E-state index in [4.69, 9.17) is 19.0 Å². The summed E-state index contributed by atoms with van der Waals surface area (Å²) < 4.78 is 17.0. The van der Waals surface area contributed by atoms with Gasteiger partial charge in [0.1, 0.15) is 12.4 Å². The fraction of sp³-hybridized carbons (Fsp3) is 0.400. The predicted molar refractivity (Wildman–Crippen MR) is 160 cm³/mol. The highest BCUT2D eigenvalue weighted by Crippen LogP contribution is 2.34. The topological polar surface area (TPSA) is 115 Å². The Morgan fingerprint density at radius 3 is 2.66 bits per heavy atom. The van der Waals surface area contributed by atoms with Gasteiger partial charge in [-0.05, 0) is 62.0 Å². The van der Waals surface area contributed by atoms with Crippen molar-refractivity contribution in [2.24, 2.45) is 0 Å². The summed E-state index contributed by atoms with van der Waals surface area (Å²) in [6, 6.07) is 12.6. The van der Waals surface area contributed by atoms with Crippen LogP contribution in [0.25, 0.3) is 10.9 Å². The van der Waals surface area contributed by atoms with Gasteiger partial charge in [0.15, 0.2) is 22.5 Å². The van der Waals surface area contributed by atoms with Crippen LogP contribution in [0, 0.1) is 0 Å². The van der Waals surface area contributed by atoms with E-state index in [1.807, 2.05) is 57.2 Å². The zero-order valence-electron chi connectivity index (χ0n) is 23.9. The second-order valence-electron chi connectivity index (χ2n) is 11.0. The third-order valence-corrected chi connectivity index (χ3v) is 7.62. The molecule has 0 radical (unpaired) electrons. The molecule has 216 valence electrons. The minimum absolute atomic E-state index is 0.201. The molecular formula is C30H36N6O4S. The normalized spacial score (nSPS) is 14.1. The Hall–Kier alpha value is -3.83. The summed E-state index contributed by atoms with van der Waals surface area (Å²) in [6.07, 6.45) is 5.60. The predicted octanol–water partition coefficient (Wildman–Crippen LogP) is 6.58. The number of urea groups is 1. The molecule has 0 unspecified atom stereocenters. The Kier molecular flexibility index (Phi) is 8.94. The summed E-state index contributed by atoms with van der Waals surface area (Å²) in [5.74, 6) is 2.38. The smallest absolute Gasteiger partial charge is 0.324 e. The lowest BCUT2D eigenvalue weighted by atomic mass is 9.93. The number of benzene rings is 2. The number of aromatic nitrogens is 3. The van der Waals surface area contributed by atoms with E-state index in [0.717, 1.165) is 35.4 Å². The molecule has 0 saturated carbocycles. The number of amides is 2. The van der Waals surface area contributed by atoms with Crippen LogP contribution in [0.1, 0.15) is 45.8 Å². The maximum absolute atomic E-state index is 12.5. The molecule has 0 atom stereocenters. The number of hydrogen-bond donors (Lipinski definition) is 2. The number of anilines is 2. The van der Waals surface area contributed by atoms with Gasteiger partial charge < -0.3 is 19.3 Å². The molecule has 3 heterocycles. The van der Waals surface area contributed by atoms with E-state index in [1.165, 1.54) is 31.0 Å². The van der Waals surface area contributed by atoms with Gasteiger partial charge in [-0.15, -0.1) is 0 Å². The number of carbonyl (C=O) groups excluding carboxylic acids is 1. The van der Waals surface area contributed by atoms with Crippen LogP contribution in [0.2, 0.25) is 0 Å². The van der Waals surface area contributed by atoms with E-state index >= 15 is 0 Å². The molecule has 0 bridgehead atoms. The second-order valence-corrected chi connectivity index (χ2v) is 12.0. The number of piperidine rings is 1. The van der Waals surface area contributed by atoms with Crippen molar-refractivity contribution in [2.45, 2.75) is 55.5 Å². The second kappa shape index (κ2) is 12.8. The van der Waals surface area contributed by atoms with Gasteiger partial charge in [-0.2, -0.15) is 0 Å². The molecular weight excluding hydrogens is 540 g/mol. The third kappa shape index (κ3) is 7.68. The first kappa shape index (κ1) is 28.7. The summed E-state index contributed by atoms with van der Waals surface area (Å²) in [6.45, 7) is 9.80. The number of hydrogen-bond acceptors (Lipinski definition) is 9. The van der Waals surface area contributed by atoms with Gasteiger partial charge in [-0.1, -0.05) is 38.4 Å².